The number of alkyl halides is 3. The predicted molar refractivity (Wildman–Crippen MR) is 142 cm³/mol. The van der Waals surface area contributed by atoms with Crippen molar-refractivity contribution in [2.45, 2.75) is 31.8 Å². The summed E-state index contributed by atoms with van der Waals surface area (Å²) in [4.78, 5) is 13.1. The van der Waals surface area contributed by atoms with Crippen LogP contribution in [0.5, 0.6) is 0 Å². The monoisotopic (exact) mass is 601 g/mol. The van der Waals surface area contributed by atoms with Crippen molar-refractivity contribution in [3.8, 4) is 26.7 Å². The van der Waals surface area contributed by atoms with Crippen LogP contribution in [0.1, 0.15) is 26.5 Å². The van der Waals surface area contributed by atoms with Gasteiger partial charge in [0.1, 0.15) is 0 Å². The van der Waals surface area contributed by atoms with Crippen LogP contribution in [0, 0.1) is 5.41 Å². The summed E-state index contributed by atoms with van der Waals surface area (Å²) in [5.74, 6) is -0.658. The molecule has 0 aliphatic heterocycles. The molecule has 38 heavy (non-hydrogen) atoms. The van der Waals surface area contributed by atoms with Crippen LogP contribution in [0.2, 0.25) is 10.0 Å². The second-order valence-electron chi connectivity index (χ2n) is 9.30. The van der Waals surface area contributed by atoms with E-state index >= 15 is 0 Å². The van der Waals surface area contributed by atoms with Gasteiger partial charge < -0.3 is 0 Å². The van der Waals surface area contributed by atoms with Gasteiger partial charge in [-0.15, -0.1) is 11.3 Å². The van der Waals surface area contributed by atoms with Crippen LogP contribution in [-0.4, -0.2) is 24.1 Å². The van der Waals surface area contributed by atoms with E-state index in [9.17, 15) is 26.4 Å². The number of aromatic nitrogens is 2. The highest BCUT2D eigenvalue weighted by Crippen LogP contribution is 2.40. The minimum atomic E-state index is -4.70. The minimum Gasteiger partial charge on any atom is -0.273 e. The van der Waals surface area contributed by atoms with Crippen LogP contribution in [0.15, 0.2) is 65.6 Å². The van der Waals surface area contributed by atoms with Gasteiger partial charge in [-0.2, -0.15) is 18.3 Å². The van der Waals surface area contributed by atoms with Crippen LogP contribution in [-0.2, 0) is 21.0 Å². The van der Waals surface area contributed by atoms with E-state index in [1.807, 2.05) is 0 Å². The lowest BCUT2D eigenvalue weighted by molar-refractivity contribution is -0.141. The molecule has 2 heterocycles. The maximum Gasteiger partial charge on any atom is 0.435 e. The lowest BCUT2D eigenvalue weighted by Crippen LogP contribution is -2.38. The molecule has 0 saturated heterocycles. The number of hydrogen-bond acceptors (Lipinski definition) is 5. The van der Waals surface area contributed by atoms with Gasteiger partial charge in [0.05, 0.1) is 26.2 Å². The number of benzene rings is 2. The molecule has 0 bridgehead atoms. The molecule has 2 aromatic carbocycles. The largest absolute Gasteiger partial charge is 0.435 e. The van der Waals surface area contributed by atoms with Crippen LogP contribution < -0.4 is 4.72 Å². The van der Waals surface area contributed by atoms with Crippen LogP contribution in [0.25, 0.3) is 26.7 Å². The van der Waals surface area contributed by atoms with E-state index in [2.05, 4.69) is 9.82 Å². The lowest BCUT2D eigenvalue weighted by Gasteiger charge is -2.17. The summed E-state index contributed by atoms with van der Waals surface area (Å²) < 4.78 is 69.4. The topological polar surface area (TPSA) is 81.1 Å². The Morgan fingerprint density at radius 3 is 2.32 bits per heavy atom. The number of nitrogens with one attached hydrogen (secondary N) is 1. The average Bonchev–Trinajstić information content (AvgIpc) is 3.47. The van der Waals surface area contributed by atoms with Crippen molar-refractivity contribution in [3.63, 3.8) is 0 Å². The molecule has 1 N–H and O–H groups in total. The Labute approximate surface area is 231 Å². The van der Waals surface area contributed by atoms with Gasteiger partial charge in [0, 0.05) is 15.3 Å². The number of carbonyl (C=O) groups is 1. The summed E-state index contributed by atoms with van der Waals surface area (Å²) in [5, 5.41) is 4.16. The van der Waals surface area contributed by atoms with Crippen molar-refractivity contribution in [1.29, 1.82) is 0 Å². The van der Waals surface area contributed by atoms with Gasteiger partial charge in [0.2, 0.25) is 5.91 Å². The number of thiophene rings is 1. The van der Waals surface area contributed by atoms with Crippen molar-refractivity contribution < 1.29 is 26.4 Å². The number of carbonyl (C=O) groups excluding carboxylic acids is 1. The molecule has 0 aliphatic rings. The number of sulfonamides is 1. The molecule has 0 fully saturated rings. The molecular formula is C25H20Cl2F3N3O3S2. The first-order chi connectivity index (χ1) is 17.6. The Morgan fingerprint density at radius 2 is 1.66 bits per heavy atom. The SMILES string of the molecule is CC(C)(C)C(=O)NS(=O)(=O)c1cccc(-c2ccc(-c3cc(C(F)(F)F)nn3-c3cc(Cl)ccc3Cl)s2)c1. The smallest absolute Gasteiger partial charge is 0.273 e. The molecular weight excluding hydrogens is 582 g/mol. The third-order valence-corrected chi connectivity index (χ3v) is 8.37. The van der Waals surface area contributed by atoms with Crippen molar-refractivity contribution in [1.82, 2.24) is 14.5 Å². The first kappa shape index (κ1) is 28.2. The third-order valence-electron chi connectivity index (χ3n) is 5.33. The van der Waals surface area contributed by atoms with Crippen molar-refractivity contribution in [2.24, 2.45) is 5.41 Å². The number of rotatable bonds is 5. The van der Waals surface area contributed by atoms with E-state index < -0.39 is 33.2 Å². The Kier molecular flexibility index (Phi) is 7.43. The normalized spacial score (nSPS) is 12.5. The second kappa shape index (κ2) is 10.0. The van der Waals surface area contributed by atoms with E-state index in [1.165, 1.54) is 36.4 Å². The minimum absolute atomic E-state index is 0.124. The fourth-order valence-corrected chi connectivity index (χ4v) is 5.88. The fraction of sp³-hybridized carbons (Fsp3) is 0.200. The molecule has 6 nitrogen and oxygen atoms in total. The predicted octanol–water partition coefficient (Wildman–Crippen LogP) is 7.44. The van der Waals surface area contributed by atoms with E-state index in [4.69, 9.17) is 23.2 Å². The van der Waals surface area contributed by atoms with Crippen molar-refractivity contribution in [3.05, 3.63) is 76.4 Å². The number of nitrogens with zero attached hydrogens (tertiary/aromatic N) is 2. The molecule has 0 saturated carbocycles. The highest BCUT2D eigenvalue weighted by molar-refractivity contribution is 7.90. The van der Waals surface area contributed by atoms with Gasteiger partial charge in [0.15, 0.2) is 5.69 Å². The summed E-state index contributed by atoms with van der Waals surface area (Å²) in [6.45, 7) is 4.77. The summed E-state index contributed by atoms with van der Waals surface area (Å²) >= 11 is 13.4. The quantitative estimate of drug-likeness (QED) is 0.258. The first-order valence-electron chi connectivity index (χ1n) is 11.0. The van der Waals surface area contributed by atoms with E-state index in [0.717, 1.165) is 22.1 Å². The Hall–Kier alpha value is -2.86. The zero-order valence-corrected chi connectivity index (χ0v) is 23.2. The summed E-state index contributed by atoms with van der Waals surface area (Å²) in [6, 6.07) is 14.5. The van der Waals surface area contributed by atoms with E-state index in [1.54, 1.807) is 39.0 Å². The van der Waals surface area contributed by atoms with Gasteiger partial charge >= 0.3 is 6.18 Å². The molecule has 0 aliphatic carbocycles. The number of hydrogen-bond donors (Lipinski definition) is 1. The second-order valence-corrected chi connectivity index (χ2v) is 12.9. The highest BCUT2D eigenvalue weighted by Gasteiger charge is 2.36. The Morgan fingerprint density at radius 1 is 0.974 bits per heavy atom. The molecule has 2 aromatic heterocycles. The maximum atomic E-state index is 13.6. The molecule has 200 valence electrons. The third kappa shape index (κ3) is 5.90. The maximum absolute atomic E-state index is 13.6. The van der Waals surface area contributed by atoms with Gasteiger partial charge in [-0.05, 0) is 54.1 Å². The summed E-state index contributed by atoms with van der Waals surface area (Å²) in [5.41, 5.74) is -1.24. The molecule has 0 unspecified atom stereocenters. The molecule has 0 radical (unpaired) electrons. The average molecular weight is 602 g/mol. The molecule has 4 rings (SSSR count). The van der Waals surface area contributed by atoms with Crippen LogP contribution in [0.3, 0.4) is 0 Å². The van der Waals surface area contributed by atoms with Crippen LogP contribution >= 0.6 is 34.5 Å². The Balaban J connectivity index is 1.76. The van der Waals surface area contributed by atoms with Gasteiger partial charge in [-0.3, -0.25) is 4.79 Å². The molecule has 0 spiro atoms. The zero-order valence-electron chi connectivity index (χ0n) is 20.1. The molecule has 0 atom stereocenters. The van der Waals surface area contributed by atoms with E-state index in [0.29, 0.717) is 15.3 Å². The highest BCUT2D eigenvalue weighted by atomic mass is 35.5. The van der Waals surface area contributed by atoms with Gasteiger partial charge in [-0.25, -0.2) is 17.8 Å². The number of halogens is 5. The summed E-state index contributed by atoms with van der Waals surface area (Å²) in [6.07, 6.45) is -4.70. The standard InChI is InChI=1S/C25H20Cl2F3N3O3S2/c1-24(2,3)23(34)32-38(35,36)16-6-4-5-14(11-16)20-9-10-21(37-20)19-13-22(25(28,29)30)31-33(19)18-12-15(26)7-8-17(18)27/h4-13H,1-3H3,(H,32,34). The summed E-state index contributed by atoms with van der Waals surface area (Å²) in [7, 11) is -4.14. The molecule has 1 amide bonds. The fourth-order valence-electron chi connectivity index (χ4n) is 3.31. The molecule has 13 heteroatoms. The van der Waals surface area contributed by atoms with Crippen LogP contribution in [0.4, 0.5) is 13.2 Å². The van der Waals surface area contributed by atoms with Crippen molar-refractivity contribution in [2.75, 3.05) is 0 Å². The van der Waals surface area contributed by atoms with Gasteiger partial charge in [-0.1, -0.05) is 56.1 Å². The van der Waals surface area contributed by atoms with Crippen molar-refractivity contribution >= 4 is 50.5 Å². The Bertz CT molecular complexity index is 1640. The number of amides is 1. The lowest BCUT2D eigenvalue weighted by atomic mass is 9.96. The van der Waals surface area contributed by atoms with E-state index in [-0.39, 0.29) is 26.3 Å². The zero-order chi connectivity index (χ0) is 28.0. The molecule has 4 aromatic rings. The first-order valence-corrected chi connectivity index (χ1v) is 14.0. The van der Waals surface area contributed by atoms with Gasteiger partial charge in [0.25, 0.3) is 10.0 Å².